The van der Waals surface area contributed by atoms with E-state index in [1.807, 2.05) is 72.8 Å². The number of nitrogens with one attached hydrogen (secondary N) is 3. The molecule has 356 valence electrons. The number of amides is 2. The van der Waals surface area contributed by atoms with Crippen molar-refractivity contribution in [2.45, 2.75) is 102 Å². The van der Waals surface area contributed by atoms with Gasteiger partial charge in [0.05, 0.1) is 10.0 Å². The number of rotatable bonds is 10. The molecule has 6 aromatic rings. The average molecular weight is 1030 g/mol. The van der Waals surface area contributed by atoms with Gasteiger partial charge in [0.1, 0.15) is 23.6 Å². The number of nitrogens with two attached hydrogens (primary N) is 1. The van der Waals surface area contributed by atoms with Crippen LogP contribution < -0.4 is 21.7 Å². The maximum atomic E-state index is 12.3. The van der Waals surface area contributed by atoms with E-state index in [1.165, 1.54) is 27.8 Å². The molecule has 2 amide bonds. The normalized spacial score (nSPS) is 18.8. The highest BCUT2D eigenvalue weighted by molar-refractivity contribution is 9.10. The topological polar surface area (TPSA) is 140 Å². The summed E-state index contributed by atoms with van der Waals surface area (Å²) in [4.78, 5) is 32.6. The fourth-order valence-corrected chi connectivity index (χ4v) is 10.0. The van der Waals surface area contributed by atoms with E-state index in [-0.39, 0.29) is 43.0 Å². The Balaban J connectivity index is 0.000000154. The number of nitrogens with zero attached hydrogens (tertiary/aromatic N) is 2. The minimum atomic E-state index is -0.367. The smallest absolute Gasteiger partial charge is 0.407 e. The minimum Gasteiger partial charge on any atom is -0.445 e. The molecule has 10 nitrogen and oxygen atoms in total. The lowest BCUT2D eigenvalue weighted by Crippen LogP contribution is -2.42. The van der Waals surface area contributed by atoms with Crippen molar-refractivity contribution < 1.29 is 19.1 Å². The predicted molar refractivity (Wildman–Crippen MR) is 280 cm³/mol. The molecule has 2 heterocycles. The zero-order valence-electron chi connectivity index (χ0n) is 38.4. The number of alkyl carbamates (subject to hydrolysis) is 2. The second-order valence-electron chi connectivity index (χ2n) is 17.7. The number of allylic oxidation sites excluding steroid dienone is 2. The van der Waals surface area contributed by atoms with Crippen LogP contribution in [0.15, 0.2) is 150 Å². The van der Waals surface area contributed by atoms with Crippen LogP contribution in [-0.4, -0.2) is 46.3 Å². The van der Waals surface area contributed by atoms with Gasteiger partial charge in [0.15, 0.2) is 0 Å². The highest BCUT2D eigenvalue weighted by atomic mass is 79.9. The molecule has 5 N–H and O–H groups in total. The Hall–Kier alpha value is -5.98. The van der Waals surface area contributed by atoms with Crippen molar-refractivity contribution in [3.63, 3.8) is 0 Å². The van der Waals surface area contributed by atoms with Gasteiger partial charge in [0, 0.05) is 47.7 Å². The number of carbonyl (C=O) groups excluding carboxylic acids is 2. The lowest BCUT2D eigenvalue weighted by Gasteiger charge is -2.30. The lowest BCUT2D eigenvalue weighted by atomic mass is 9.91. The van der Waals surface area contributed by atoms with Crippen molar-refractivity contribution in [1.29, 1.82) is 0 Å². The molecule has 2 saturated carbocycles. The Morgan fingerprint density at radius 1 is 0.594 bits per heavy atom. The molecule has 4 aliphatic carbocycles. The van der Waals surface area contributed by atoms with Gasteiger partial charge in [-0.3, -0.25) is 0 Å². The monoisotopic (exact) mass is 1030 g/mol. The molecule has 0 radical (unpaired) electrons. The Kier molecular flexibility index (Phi) is 17.6. The van der Waals surface area contributed by atoms with Gasteiger partial charge in [0.2, 0.25) is 0 Å². The molecule has 0 aliphatic heterocycles. The first-order chi connectivity index (χ1) is 33.6. The second-order valence-corrected chi connectivity index (χ2v) is 19.4. The zero-order valence-corrected chi connectivity index (χ0v) is 41.5. The van der Waals surface area contributed by atoms with Gasteiger partial charge in [-0.15, -0.1) is 0 Å². The quantitative estimate of drug-likeness (QED) is 0.0995. The summed E-state index contributed by atoms with van der Waals surface area (Å²) in [6.07, 6.45) is 16.8. The van der Waals surface area contributed by atoms with E-state index in [1.54, 1.807) is 12.4 Å². The molecule has 4 aliphatic rings. The molecule has 2 aromatic heterocycles. The number of ether oxygens (including phenoxy) is 2. The van der Waals surface area contributed by atoms with E-state index in [0.717, 1.165) is 102 Å². The van der Waals surface area contributed by atoms with Crippen molar-refractivity contribution >= 4 is 68.3 Å². The van der Waals surface area contributed by atoms with E-state index in [9.17, 15) is 9.59 Å². The molecule has 4 aromatic carbocycles. The molecule has 2 fully saturated rings. The number of benzene rings is 4. The average Bonchev–Trinajstić information content (AvgIpc) is 4.00. The molecule has 0 bridgehead atoms. The zero-order chi connectivity index (χ0) is 48.0. The molecule has 0 saturated heterocycles. The van der Waals surface area contributed by atoms with Gasteiger partial charge in [-0.05, 0) is 137 Å². The maximum absolute atomic E-state index is 12.3. The molecule has 4 atom stereocenters. The SMILES string of the molecule is Clc1cnc(Br)cc1C1=CCc2ccccc21.N[C@@H]1CCC[C@H](NC(=O)OCc2ccccc2)C1.O=C(N[C@H]1CCC[C@@H](Nc2cc(C3=CCc4ccccc43)c(Cl)cn2)C1)OCc1ccccc1. The van der Waals surface area contributed by atoms with E-state index in [0.29, 0.717) is 16.7 Å². The number of fused-ring (bicyclic) bond motifs is 2. The van der Waals surface area contributed by atoms with Crippen LogP contribution in [0.25, 0.3) is 11.1 Å². The molecule has 0 unspecified atom stereocenters. The Bertz CT molecular complexity index is 2760. The fraction of sp³-hybridized carbons (Fsp3) is 0.286. The first-order valence-corrected chi connectivity index (χ1v) is 25.2. The van der Waals surface area contributed by atoms with Gasteiger partial charge < -0.3 is 31.2 Å². The number of aromatic nitrogens is 2. The summed E-state index contributed by atoms with van der Waals surface area (Å²) in [7, 11) is 0. The van der Waals surface area contributed by atoms with Crippen LogP contribution in [0.3, 0.4) is 0 Å². The number of halogens is 3. The predicted octanol–water partition coefficient (Wildman–Crippen LogP) is 13.0. The van der Waals surface area contributed by atoms with Crippen LogP contribution in [0, 0.1) is 0 Å². The summed E-state index contributed by atoms with van der Waals surface area (Å²) in [5, 5.41) is 10.8. The number of pyridine rings is 2. The van der Waals surface area contributed by atoms with Crippen molar-refractivity contribution in [2.75, 3.05) is 5.32 Å². The number of anilines is 1. The van der Waals surface area contributed by atoms with Crippen molar-refractivity contribution in [1.82, 2.24) is 20.6 Å². The maximum Gasteiger partial charge on any atom is 0.407 e. The van der Waals surface area contributed by atoms with E-state index in [2.05, 4.69) is 103 Å². The van der Waals surface area contributed by atoms with E-state index < -0.39 is 0 Å². The standard InChI is InChI=1S/C28H28ClN3O2.C14H9BrClN.C14H20N2O2/c29-26-17-30-27(16-25(26)24-14-13-20-9-4-5-12-23(20)24)31-21-10-6-11-22(15-21)32-28(33)34-18-19-7-2-1-3-8-19;15-14-7-12(13(16)8-17-14)11-6-5-9-3-1-2-4-10(9)11;15-12-7-4-8-13(9-12)16-14(17)18-10-11-5-2-1-3-6-11/h1-5,7-9,12,14,16-17,21-22H,6,10-11,13,15,18H2,(H,30,31)(H,32,33);1-4,6-8H,5H2;1-3,5-6,12-13H,4,7-10,15H2,(H,16,17)/t21-,22+;;12-,13+/m1.1/s1. The van der Waals surface area contributed by atoms with Crippen LogP contribution in [0.4, 0.5) is 15.4 Å². The van der Waals surface area contributed by atoms with Crippen LogP contribution in [0.1, 0.15) is 95.9 Å². The first-order valence-electron chi connectivity index (χ1n) is 23.7. The number of carbonyl (C=O) groups is 2. The minimum absolute atomic E-state index is 0.0747. The Labute approximate surface area is 423 Å². The molecular formula is C56H57BrCl2N6O4. The third-order valence-electron chi connectivity index (χ3n) is 12.7. The van der Waals surface area contributed by atoms with Crippen molar-refractivity contribution in [2.24, 2.45) is 5.73 Å². The van der Waals surface area contributed by atoms with Gasteiger partial charge in [-0.2, -0.15) is 0 Å². The summed E-state index contributed by atoms with van der Waals surface area (Å²) in [6.45, 7) is 0.586. The molecular weight excluding hydrogens is 971 g/mol. The van der Waals surface area contributed by atoms with Crippen LogP contribution >= 0.6 is 39.1 Å². The number of hydrogen-bond acceptors (Lipinski definition) is 8. The summed E-state index contributed by atoms with van der Waals surface area (Å²) in [5.41, 5.74) is 17.4. The highest BCUT2D eigenvalue weighted by Gasteiger charge is 2.26. The van der Waals surface area contributed by atoms with Crippen molar-refractivity contribution in [3.8, 4) is 0 Å². The van der Waals surface area contributed by atoms with E-state index in [4.69, 9.17) is 38.4 Å². The summed E-state index contributed by atoms with van der Waals surface area (Å²) >= 11 is 16.2. The molecule has 13 heteroatoms. The number of hydrogen-bond donors (Lipinski definition) is 4. The molecule has 69 heavy (non-hydrogen) atoms. The highest BCUT2D eigenvalue weighted by Crippen LogP contribution is 2.38. The lowest BCUT2D eigenvalue weighted by molar-refractivity contribution is 0.131. The van der Waals surface area contributed by atoms with Gasteiger partial charge in [-0.25, -0.2) is 19.6 Å². The van der Waals surface area contributed by atoms with Crippen LogP contribution in [0.5, 0.6) is 0 Å². The van der Waals surface area contributed by atoms with Crippen molar-refractivity contribution in [3.05, 3.63) is 205 Å². The summed E-state index contributed by atoms with van der Waals surface area (Å²) in [6, 6.07) is 40.9. The van der Waals surface area contributed by atoms with Gasteiger partial charge >= 0.3 is 12.2 Å². The largest absolute Gasteiger partial charge is 0.445 e. The summed E-state index contributed by atoms with van der Waals surface area (Å²) < 4.78 is 11.4. The van der Waals surface area contributed by atoms with E-state index >= 15 is 0 Å². The Morgan fingerprint density at radius 3 is 1.64 bits per heavy atom. The van der Waals surface area contributed by atoms with Crippen LogP contribution in [-0.2, 0) is 35.5 Å². The first kappa shape index (κ1) is 49.4. The third kappa shape index (κ3) is 14.1. The van der Waals surface area contributed by atoms with Gasteiger partial charge in [-0.1, -0.05) is 145 Å². The Morgan fingerprint density at radius 2 is 1.07 bits per heavy atom. The third-order valence-corrected chi connectivity index (χ3v) is 13.8. The van der Waals surface area contributed by atoms with Crippen LogP contribution in [0.2, 0.25) is 10.0 Å². The molecule has 10 rings (SSSR count). The van der Waals surface area contributed by atoms with Gasteiger partial charge in [0.25, 0.3) is 0 Å². The summed E-state index contributed by atoms with van der Waals surface area (Å²) in [5.74, 6) is 0.807. The fourth-order valence-electron chi connectivity index (χ4n) is 9.30. The second kappa shape index (κ2) is 24.5. The molecule has 0 spiro atoms.